The zero-order valence-corrected chi connectivity index (χ0v) is 7.97. The minimum Gasteiger partial charge on any atom is -0.342 e. The molecule has 3 nitrogen and oxygen atoms in total. The van der Waals surface area contributed by atoms with Crippen LogP contribution in [0.1, 0.15) is 19.8 Å². The van der Waals surface area contributed by atoms with Crippen LogP contribution in [0.5, 0.6) is 0 Å². The summed E-state index contributed by atoms with van der Waals surface area (Å²) in [6, 6.07) is 0. The molecule has 0 aromatic rings. The number of carbonyl (C=O) groups excluding carboxylic acids is 1. The highest BCUT2D eigenvalue weighted by Gasteiger charge is 2.22. The van der Waals surface area contributed by atoms with Gasteiger partial charge in [0.15, 0.2) is 0 Å². The van der Waals surface area contributed by atoms with Crippen molar-refractivity contribution >= 4 is 5.91 Å². The lowest BCUT2D eigenvalue weighted by Crippen LogP contribution is -2.30. The Morgan fingerprint density at radius 3 is 2.92 bits per heavy atom. The van der Waals surface area contributed by atoms with E-state index in [9.17, 15) is 4.79 Å². The van der Waals surface area contributed by atoms with E-state index in [0.29, 0.717) is 18.2 Å². The molecule has 1 fully saturated rings. The summed E-state index contributed by atoms with van der Waals surface area (Å²) in [5.74, 6) is 0.997. The molecule has 1 atom stereocenters. The van der Waals surface area contributed by atoms with Gasteiger partial charge in [-0.1, -0.05) is 6.92 Å². The van der Waals surface area contributed by atoms with E-state index in [-0.39, 0.29) is 0 Å². The maximum absolute atomic E-state index is 11.4. The quantitative estimate of drug-likeness (QED) is 0.667. The van der Waals surface area contributed by atoms with Crippen LogP contribution in [0.25, 0.3) is 0 Å². The van der Waals surface area contributed by atoms with Crippen LogP contribution in [0, 0.1) is 5.92 Å². The molecule has 1 rings (SSSR count). The van der Waals surface area contributed by atoms with Gasteiger partial charge in [0, 0.05) is 26.1 Å². The highest BCUT2D eigenvalue weighted by atomic mass is 16.2. The number of rotatable bonds is 3. The Balaban J connectivity index is 2.23. The fraction of sp³-hybridized carbons (Fsp3) is 0.889. The molecule has 0 saturated carbocycles. The molecular weight excluding hydrogens is 152 g/mol. The van der Waals surface area contributed by atoms with Gasteiger partial charge in [-0.2, -0.15) is 0 Å². The van der Waals surface area contributed by atoms with Gasteiger partial charge in [0.1, 0.15) is 0 Å². The Bertz CT molecular complexity index is 159. The summed E-state index contributed by atoms with van der Waals surface area (Å²) in [7, 11) is 1.87. The Labute approximate surface area is 74.1 Å². The first kappa shape index (κ1) is 9.52. The van der Waals surface area contributed by atoms with Gasteiger partial charge in [0.25, 0.3) is 0 Å². The molecule has 1 heterocycles. The van der Waals surface area contributed by atoms with E-state index in [1.807, 2.05) is 11.9 Å². The van der Waals surface area contributed by atoms with Gasteiger partial charge < -0.3 is 10.2 Å². The van der Waals surface area contributed by atoms with Crippen molar-refractivity contribution in [1.82, 2.24) is 10.2 Å². The number of carbonyl (C=O) groups is 1. The van der Waals surface area contributed by atoms with Crippen LogP contribution in [0.2, 0.25) is 0 Å². The molecule has 0 spiro atoms. The van der Waals surface area contributed by atoms with Gasteiger partial charge in [-0.05, 0) is 19.4 Å². The van der Waals surface area contributed by atoms with Gasteiger partial charge in [0.05, 0.1) is 0 Å². The highest BCUT2D eigenvalue weighted by Crippen LogP contribution is 2.15. The Morgan fingerprint density at radius 1 is 1.67 bits per heavy atom. The van der Waals surface area contributed by atoms with Gasteiger partial charge in [-0.3, -0.25) is 4.79 Å². The molecule has 0 aliphatic carbocycles. The number of nitrogens with one attached hydrogen (secondary N) is 1. The fourth-order valence-corrected chi connectivity index (χ4v) is 1.55. The lowest BCUT2D eigenvalue weighted by Gasteiger charge is -2.15. The summed E-state index contributed by atoms with van der Waals surface area (Å²) in [5.41, 5.74) is 0. The summed E-state index contributed by atoms with van der Waals surface area (Å²) in [6.07, 6.45) is 1.81. The lowest BCUT2D eigenvalue weighted by molar-refractivity contribution is -0.130. The maximum atomic E-state index is 11.4. The van der Waals surface area contributed by atoms with Gasteiger partial charge >= 0.3 is 0 Å². The number of hydrogen-bond acceptors (Lipinski definition) is 2. The van der Waals surface area contributed by atoms with Crippen molar-refractivity contribution < 1.29 is 4.79 Å². The fourth-order valence-electron chi connectivity index (χ4n) is 1.55. The molecule has 70 valence electrons. The van der Waals surface area contributed by atoms with Crippen LogP contribution in [0.15, 0.2) is 0 Å². The molecule has 1 amide bonds. The van der Waals surface area contributed by atoms with Crippen molar-refractivity contribution in [1.29, 1.82) is 0 Å². The first-order chi connectivity index (χ1) is 5.74. The number of likely N-dealkylation sites (tertiary alicyclic amines) is 1. The SMILES string of the molecule is CNCCC(=O)N1CCC(C)C1. The van der Waals surface area contributed by atoms with E-state index < -0.39 is 0 Å². The minimum atomic E-state index is 0.300. The highest BCUT2D eigenvalue weighted by molar-refractivity contribution is 5.76. The summed E-state index contributed by atoms with van der Waals surface area (Å²) in [6.45, 7) is 4.92. The van der Waals surface area contributed by atoms with Crippen LogP contribution in [-0.2, 0) is 4.79 Å². The Morgan fingerprint density at radius 2 is 2.42 bits per heavy atom. The third-order valence-electron chi connectivity index (χ3n) is 2.37. The molecule has 1 aliphatic heterocycles. The molecular formula is C9H18N2O. The monoisotopic (exact) mass is 170 g/mol. The summed E-state index contributed by atoms with van der Waals surface area (Å²) in [5, 5.41) is 2.99. The third-order valence-corrected chi connectivity index (χ3v) is 2.37. The Kier molecular flexibility index (Phi) is 3.53. The second-order valence-electron chi connectivity index (χ2n) is 3.59. The smallest absolute Gasteiger partial charge is 0.223 e. The average molecular weight is 170 g/mol. The van der Waals surface area contributed by atoms with E-state index in [1.165, 1.54) is 6.42 Å². The van der Waals surface area contributed by atoms with E-state index in [4.69, 9.17) is 0 Å². The molecule has 1 unspecified atom stereocenters. The molecule has 0 aromatic heterocycles. The number of nitrogens with zero attached hydrogens (tertiary/aromatic N) is 1. The van der Waals surface area contributed by atoms with Crippen molar-refractivity contribution in [3.8, 4) is 0 Å². The topological polar surface area (TPSA) is 32.3 Å². The predicted molar refractivity (Wildman–Crippen MR) is 48.9 cm³/mol. The van der Waals surface area contributed by atoms with E-state index in [2.05, 4.69) is 12.2 Å². The largest absolute Gasteiger partial charge is 0.342 e. The second-order valence-corrected chi connectivity index (χ2v) is 3.59. The normalized spacial score (nSPS) is 23.2. The van der Waals surface area contributed by atoms with Gasteiger partial charge in [-0.15, -0.1) is 0 Å². The van der Waals surface area contributed by atoms with Crippen molar-refractivity contribution in [3.63, 3.8) is 0 Å². The average Bonchev–Trinajstić information content (AvgIpc) is 2.47. The van der Waals surface area contributed by atoms with Crippen molar-refractivity contribution in [3.05, 3.63) is 0 Å². The van der Waals surface area contributed by atoms with Crippen molar-refractivity contribution in [2.45, 2.75) is 19.8 Å². The van der Waals surface area contributed by atoms with Crippen LogP contribution in [0.3, 0.4) is 0 Å². The number of hydrogen-bond donors (Lipinski definition) is 1. The minimum absolute atomic E-state index is 0.300. The van der Waals surface area contributed by atoms with E-state index in [1.54, 1.807) is 0 Å². The van der Waals surface area contributed by atoms with E-state index >= 15 is 0 Å². The molecule has 12 heavy (non-hydrogen) atoms. The van der Waals surface area contributed by atoms with Crippen LogP contribution < -0.4 is 5.32 Å². The molecule has 0 aromatic carbocycles. The lowest BCUT2D eigenvalue weighted by atomic mass is 10.2. The van der Waals surface area contributed by atoms with Crippen LogP contribution in [-0.4, -0.2) is 37.5 Å². The standard InChI is InChI=1S/C9H18N2O/c1-8-4-6-11(7-8)9(12)3-5-10-2/h8,10H,3-7H2,1-2H3. The number of amides is 1. The summed E-state index contributed by atoms with van der Waals surface area (Å²) in [4.78, 5) is 13.4. The molecule has 3 heteroatoms. The summed E-state index contributed by atoms with van der Waals surface area (Å²) < 4.78 is 0. The molecule has 0 bridgehead atoms. The predicted octanol–water partition coefficient (Wildman–Crippen LogP) is 0.464. The van der Waals surface area contributed by atoms with Crippen LogP contribution >= 0.6 is 0 Å². The van der Waals surface area contributed by atoms with Gasteiger partial charge in [-0.25, -0.2) is 0 Å². The van der Waals surface area contributed by atoms with Crippen molar-refractivity contribution in [2.75, 3.05) is 26.7 Å². The Hall–Kier alpha value is -0.570. The second kappa shape index (κ2) is 4.45. The zero-order valence-electron chi connectivity index (χ0n) is 7.97. The van der Waals surface area contributed by atoms with Crippen LogP contribution in [0.4, 0.5) is 0 Å². The molecule has 1 aliphatic rings. The molecule has 1 N–H and O–H groups in total. The first-order valence-electron chi connectivity index (χ1n) is 4.66. The maximum Gasteiger partial charge on any atom is 0.223 e. The third kappa shape index (κ3) is 2.48. The zero-order chi connectivity index (χ0) is 8.97. The molecule has 1 saturated heterocycles. The molecule has 0 radical (unpaired) electrons. The van der Waals surface area contributed by atoms with Gasteiger partial charge in [0.2, 0.25) is 5.91 Å². The van der Waals surface area contributed by atoms with E-state index in [0.717, 1.165) is 19.6 Å². The first-order valence-corrected chi connectivity index (χ1v) is 4.66. The van der Waals surface area contributed by atoms with Crippen molar-refractivity contribution in [2.24, 2.45) is 5.92 Å². The summed E-state index contributed by atoms with van der Waals surface area (Å²) >= 11 is 0.